The molecule has 0 aromatic carbocycles. The maximum Gasteiger partial charge on any atom is 0.326 e. The summed E-state index contributed by atoms with van der Waals surface area (Å²) in [5.74, 6) is -1.15. The first-order valence-electron chi connectivity index (χ1n) is 3.07. The molecule has 0 radical (unpaired) electrons. The molecule has 1 aromatic rings. The lowest BCUT2D eigenvalue weighted by molar-refractivity contribution is -0.138. The number of carboxylic acid groups (broad SMARTS) is 1. The van der Waals surface area contributed by atoms with Gasteiger partial charge in [0.1, 0.15) is 11.2 Å². The SMILES string of the molecule is NC(C(=O)O)c1cnc(Cl)cn1. The van der Waals surface area contributed by atoms with Crippen LogP contribution in [0, 0.1) is 0 Å². The number of halogens is 1. The summed E-state index contributed by atoms with van der Waals surface area (Å²) >= 11 is 5.43. The van der Waals surface area contributed by atoms with Crippen molar-refractivity contribution in [3.05, 3.63) is 23.2 Å². The Morgan fingerprint density at radius 3 is 2.67 bits per heavy atom. The molecule has 1 aromatic heterocycles. The number of aliphatic carboxylic acids is 1. The van der Waals surface area contributed by atoms with Crippen LogP contribution in [0.1, 0.15) is 11.7 Å². The lowest BCUT2D eigenvalue weighted by atomic mass is 10.2. The number of nitrogens with zero attached hydrogens (tertiary/aromatic N) is 2. The first-order chi connectivity index (χ1) is 5.61. The summed E-state index contributed by atoms with van der Waals surface area (Å²) in [4.78, 5) is 17.7. The molecule has 3 N–H and O–H groups in total. The predicted octanol–water partition coefficient (Wildman–Crippen LogP) is 0.214. The molecule has 1 unspecified atom stereocenters. The quantitative estimate of drug-likeness (QED) is 0.691. The van der Waals surface area contributed by atoms with Crippen molar-refractivity contribution in [3.8, 4) is 0 Å². The van der Waals surface area contributed by atoms with Gasteiger partial charge in [-0.25, -0.2) is 4.98 Å². The van der Waals surface area contributed by atoms with Gasteiger partial charge in [-0.3, -0.25) is 9.78 Å². The maximum atomic E-state index is 10.4. The number of hydrogen-bond acceptors (Lipinski definition) is 4. The van der Waals surface area contributed by atoms with E-state index in [9.17, 15) is 4.79 Å². The molecule has 5 nitrogen and oxygen atoms in total. The van der Waals surface area contributed by atoms with E-state index in [-0.39, 0.29) is 10.8 Å². The number of rotatable bonds is 2. The van der Waals surface area contributed by atoms with Gasteiger partial charge in [-0.1, -0.05) is 11.6 Å². The predicted molar refractivity (Wildman–Crippen MR) is 41.6 cm³/mol. The van der Waals surface area contributed by atoms with Crippen LogP contribution < -0.4 is 5.73 Å². The summed E-state index contributed by atoms with van der Waals surface area (Å²) in [6.45, 7) is 0. The van der Waals surface area contributed by atoms with Crippen LogP contribution in [0.25, 0.3) is 0 Å². The van der Waals surface area contributed by atoms with Gasteiger partial charge in [0.2, 0.25) is 0 Å². The Hall–Kier alpha value is -1.20. The Morgan fingerprint density at radius 1 is 1.58 bits per heavy atom. The van der Waals surface area contributed by atoms with Gasteiger partial charge in [-0.05, 0) is 0 Å². The second-order valence-electron chi connectivity index (χ2n) is 2.08. The average molecular weight is 188 g/mol. The second kappa shape index (κ2) is 3.46. The largest absolute Gasteiger partial charge is 0.480 e. The number of carbonyl (C=O) groups is 1. The smallest absolute Gasteiger partial charge is 0.326 e. The maximum absolute atomic E-state index is 10.4. The zero-order valence-corrected chi connectivity index (χ0v) is 6.69. The van der Waals surface area contributed by atoms with Gasteiger partial charge < -0.3 is 10.8 Å². The summed E-state index contributed by atoms with van der Waals surface area (Å²) in [6.07, 6.45) is 2.49. The molecule has 0 fully saturated rings. The summed E-state index contributed by atoms with van der Waals surface area (Å²) in [6, 6.07) is -1.14. The Bertz CT molecular complexity index is 287. The van der Waals surface area contributed by atoms with E-state index in [2.05, 4.69) is 9.97 Å². The van der Waals surface area contributed by atoms with Gasteiger partial charge in [0.25, 0.3) is 0 Å². The van der Waals surface area contributed by atoms with Crippen LogP contribution >= 0.6 is 11.6 Å². The Kier molecular flexibility index (Phi) is 2.57. The first kappa shape index (κ1) is 8.89. The number of carboxylic acids is 1. The zero-order chi connectivity index (χ0) is 9.14. The molecule has 0 amide bonds. The summed E-state index contributed by atoms with van der Waals surface area (Å²) < 4.78 is 0. The van der Waals surface area contributed by atoms with E-state index in [0.717, 1.165) is 0 Å². The van der Waals surface area contributed by atoms with Crippen LogP contribution in [-0.4, -0.2) is 21.0 Å². The third kappa shape index (κ3) is 1.90. The molecular formula is C6H6ClN3O2. The minimum atomic E-state index is -1.15. The van der Waals surface area contributed by atoms with Crippen LogP contribution in [0.5, 0.6) is 0 Å². The lowest BCUT2D eigenvalue weighted by Crippen LogP contribution is -2.21. The van der Waals surface area contributed by atoms with E-state index >= 15 is 0 Å². The summed E-state index contributed by atoms with van der Waals surface area (Å²) in [5.41, 5.74) is 5.43. The van der Waals surface area contributed by atoms with E-state index < -0.39 is 12.0 Å². The van der Waals surface area contributed by atoms with Crippen LogP contribution in [-0.2, 0) is 4.79 Å². The number of aromatic nitrogens is 2. The van der Waals surface area contributed by atoms with E-state index in [1.165, 1.54) is 12.4 Å². The molecule has 1 rings (SSSR count). The lowest BCUT2D eigenvalue weighted by Gasteiger charge is -2.03. The molecule has 0 bridgehead atoms. The Balaban J connectivity index is 2.89. The molecule has 0 saturated heterocycles. The molecule has 0 aliphatic heterocycles. The fourth-order valence-corrected chi connectivity index (χ4v) is 0.707. The highest BCUT2D eigenvalue weighted by atomic mass is 35.5. The molecule has 0 saturated carbocycles. The fourth-order valence-electron chi connectivity index (χ4n) is 0.609. The van der Waals surface area contributed by atoms with Gasteiger partial charge >= 0.3 is 5.97 Å². The number of nitrogens with two attached hydrogens (primary N) is 1. The molecule has 1 heterocycles. The fraction of sp³-hybridized carbons (Fsp3) is 0.167. The topological polar surface area (TPSA) is 89.1 Å². The molecule has 6 heteroatoms. The standard InChI is InChI=1S/C6H6ClN3O2/c7-4-2-9-3(1-10-4)5(8)6(11)12/h1-2,5H,8H2,(H,11,12). The molecule has 12 heavy (non-hydrogen) atoms. The van der Waals surface area contributed by atoms with Gasteiger partial charge in [-0.2, -0.15) is 0 Å². The highest BCUT2D eigenvalue weighted by Crippen LogP contribution is 2.07. The highest BCUT2D eigenvalue weighted by molar-refractivity contribution is 6.29. The molecule has 0 spiro atoms. The van der Waals surface area contributed by atoms with Gasteiger partial charge in [0.15, 0.2) is 0 Å². The zero-order valence-electron chi connectivity index (χ0n) is 5.94. The van der Waals surface area contributed by atoms with Crippen molar-refractivity contribution in [2.45, 2.75) is 6.04 Å². The monoisotopic (exact) mass is 187 g/mol. The molecule has 1 atom stereocenters. The highest BCUT2D eigenvalue weighted by Gasteiger charge is 2.15. The molecule has 0 aliphatic carbocycles. The van der Waals surface area contributed by atoms with Crippen LogP contribution in [0.2, 0.25) is 5.15 Å². The molecular weight excluding hydrogens is 182 g/mol. The third-order valence-corrected chi connectivity index (χ3v) is 1.42. The van der Waals surface area contributed by atoms with Crippen molar-refractivity contribution in [1.82, 2.24) is 9.97 Å². The van der Waals surface area contributed by atoms with Crippen LogP contribution in [0.3, 0.4) is 0 Å². The summed E-state index contributed by atoms with van der Waals surface area (Å²) in [7, 11) is 0. The normalized spacial score (nSPS) is 12.5. The van der Waals surface area contributed by atoms with Crippen molar-refractivity contribution in [3.63, 3.8) is 0 Å². The van der Waals surface area contributed by atoms with E-state index in [1.54, 1.807) is 0 Å². The van der Waals surface area contributed by atoms with Crippen molar-refractivity contribution >= 4 is 17.6 Å². The Morgan fingerprint density at radius 2 is 2.25 bits per heavy atom. The van der Waals surface area contributed by atoms with Crippen molar-refractivity contribution < 1.29 is 9.90 Å². The van der Waals surface area contributed by atoms with Crippen LogP contribution in [0.15, 0.2) is 12.4 Å². The van der Waals surface area contributed by atoms with Crippen molar-refractivity contribution in [2.24, 2.45) is 5.73 Å². The van der Waals surface area contributed by atoms with E-state index in [0.29, 0.717) is 0 Å². The van der Waals surface area contributed by atoms with E-state index in [4.69, 9.17) is 22.4 Å². The molecule has 64 valence electrons. The second-order valence-corrected chi connectivity index (χ2v) is 2.47. The van der Waals surface area contributed by atoms with Gasteiger partial charge in [0.05, 0.1) is 18.1 Å². The Labute approximate surface area is 73.2 Å². The van der Waals surface area contributed by atoms with Gasteiger partial charge in [-0.15, -0.1) is 0 Å². The van der Waals surface area contributed by atoms with E-state index in [1.807, 2.05) is 0 Å². The van der Waals surface area contributed by atoms with Gasteiger partial charge in [0, 0.05) is 0 Å². The van der Waals surface area contributed by atoms with Crippen LogP contribution in [0.4, 0.5) is 0 Å². The molecule has 0 aliphatic rings. The minimum absolute atomic E-state index is 0.187. The minimum Gasteiger partial charge on any atom is -0.480 e. The van der Waals surface area contributed by atoms with Crippen molar-refractivity contribution in [1.29, 1.82) is 0 Å². The third-order valence-electron chi connectivity index (χ3n) is 1.22. The summed E-state index contributed by atoms with van der Waals surface area (Å²) in [5, 5.41) is 8.68. The van der Waals surface area contributed by atoms with Crippen molar-refractivity contribution in [2.75, 3.05) is 0 Å². The average Bonchev–Trinajstić information content (AvgIpc) is 2.04. The first-order valence-corrected chi connectivity index (χ1v) is 3.45. The number of hydrogen-bond donors (Lipinski definition) is 2.